The van der Waals surface area contributed by atoms with Gasteiger partial charge in [0.25, 0.3) is 0 Å². The van der Waals surface area contributed by atoms with E-state index < -0.39 is 0 Å². The van der Waals surface area contributed by atoms with Crippen LogP contribution in [0, 0.1) is 0 Å². The molecule has 0 radical (unpaired) electrons. The molecule has 0 aliphatic carbocycles. The first-order valence-electron chi connectivity index (χ1n) is 8.87. The van der Waals surface area contributed by atoms with Gasteiger partial charge in [-0.2, -0.15) is 0 Å². The lowest BCUT2D eigenvalue weighted by Crippen LogP contribution is -2.21. The molecule has 2 aromatic rings. The van der Waals surface area contributed by atoms with Crippen LogP contribution < -0.4 is 19.7 Å². The van der Waals surface area contributed by atoms with Gasteiger partial charge in [-0.05, 0) is 56.3 Å². The van der Waals surface area contributed by atoms with E-state index in [1.807, 2.05) is 42.5 Å². The zero-order chi connectivity index (χ0) is 18.4. The first-order chi connectivity index (χ1) is 12.7. The van der Waals surface area contributed by atoms with Crippen molar-refractivity contribution in [1.82, 2.24) is 0 Å². The van der Waals surface area contributed by atoms with Crippen LogP contribution in [0.4, 0.5) is 11.4 Å². The van der Waals surface area contributed by atoms with Crippen molar-refractivity contribution in [3.8, 4) is 11.5 Å². The van der Waals surface area contributed by atoms with Gasteiger partial charge in [0, 0.05) is 29.4 Å². The number of rotatable bonds is 7. The van der Waals surface area contributed by atoms with E-state index in [0.717, 1.165) is 35.2 Å². The minimum atomic E-state index is -0.0273. The molecular formula is C20H24N2O3S. The van der Waals surface area contributed by atoms with E-state index in [2.05, 4.69) is 24.1 Å². The highest BCUT2D eigenvalue weighted by molar-refractivity contribution is 8.00. The highest BCUT2D eigenvalue weighted by atomic mass is 32.2. The Morgan fingerprint density at radius 2 is 1.73 bits per heavy atom. The van der Waals surface area contributed by atoms with E-state index in [1.54, 1.807) is 0 Å². The second kappa shape index (κ2) is 8.85. The summed E-state index contributed by atoms with van der Waals surface area (Å²) in [5.74, 6) is 1.82. The van der Waals surface area contributed by atoms with Gasteiger partial charge in [-0.25, -0.2) is 0 Å². The maximum Gasteiger partial charge on any atom is 0.234 e. The average Bonchev–Trinajstić information content (AvgIpc) is 2.68. The zero-order valence-corrected chi connectivity index (χ0v) is 16.0. The van der Waals surface area contributed by atoms with Gasteiger partial charge in [0.1, 0.15) is 13.2 Å². The third kappa shape index (κ3) is 4.64. The van der Waals surface area contributed by atoms with Gasteiger partial charge < -0.3 is 19.7 Å². The lowest BCUT2D eigenvalue weighted by Gasteiger charge is -2.21. The van der Waals surface area contributed by atoms with Crippen molar-refractivity contribution in [1.29, 1.82) is 0 Å². The maximum absolute atomic E-state index is 12.2. The van der Waals surface area contributed by atoms with E-state index in [1.165, 1.54) is 17.4 Å². The third-order valence-electron chi connectivity index (χ3n) is 4.16. The number of nitrogens with zero attached hydrogens (tertiary/aromatic N) is 1. The van der Waals surface area contributed by atoms with Gasteiger partial charge in [-0.1, -0.05) is 0 Å². The molecule has 0 spiro atoms. The van der Waals surface area contributed by atoms with Crippen LogP contribution in [0.5, 0.6) is 11.5 Å². The van der Waals surface area contributed by atoms with Crippen molar-refractivity contribution in [2.75, 3.05) is 42.3 Å². The molecular weight excluding hydrogens is 348 g/mol. The Morgan fingerprint density at radius 1 is 1.04 bits per heavy atom. The fourth-order valence-electron chi connectivity index (χ4n) is 2.80. The molecule has 1 amide bonds. The Hall–Kier alpha value is -2.34. The summed E-state index contributed by atoms with van der Waals surface area (Å²) in [4.78, 5) is 15.5. The fraction of sp³-hybridized carbons (Fsp3) is 0.350. The summed E-state index contributed by atoms with van der Waals surface area (Å²) >= 11 is 1.48. The topological polar surface area (TPSA) is 50.8 Å². The molecule has 0 fully saturated rings. The number of hydrogen-bond acceptors (Lipinski definition) is 5. The number of thioether (sulfide) groups is 1. The molecule has 26 heavy (non-hydrogen) atoms. The van der Waals surface area contributed by atoms with Gasteiger partial charge >= 0.3 is 0 Å². The molecule has 5 nitrogen and oxygen atoms in total. The minimum absolute atomic E-state index is 0.0273. The van der Waals surface area contributed by atoms with Crippen LogP contribution in [-0.2, 0) is 4.79 Å². The Labute approximate surface area is 158 Å². The number of fused-ring (bicyclic) bond motifs is 1. The van der Waals surface area contributed by atoms with Crippen LogP contribution in [0.1, 0.15) is 13.8 Å². The van der Waals surface area contributed by atoms with Crippen molar-refractivity contribution in [3.63, 3.8) is 0 Å². The Bertz CT molecular complexity index is 745. The number of hydrogen-bond donors (Lipinski definition) is 1. The molecule has 0 saturated carbocycles. The minimum Gasteiger partial charge on any atom is -0.486 e. The first kappa shape index (κ1) is 18.5. The predicted octanol–water partition coefficient (Wildman–Crippen LogP) is 4.03. The molecule has 0 aromatic heterocycles. The number of amides is 1. The van der Waals surface area contributed by atoms with Crippen molar-refractivity contribution in [2.24, 2.45) is 0 Å². The van der Waals surface area contributed by atoms with Gasteiger partial charge in [-0.15, -0.1) is 11.8 Å². The number of carbonyl (C=O) groups excluding carboxylic acids is 1. The average molecular weight is 372 g/mol. The van der Waals surface area contributed by atoms with Crippen molar-refractivity contribution >= 4 is 29.0 Å². The molecule has 0 bridgehead atoms. The summed E-state index contributed by atoms with van der Waals surface area (Å²) < 4.78 is 11.1. The molecule has 1 aliphatic rings. The summed E-state index contributed by atoms with van der Waals surface area (Å²) in [6, 6.07) is 13.7. The van der Waals surface area contributed by atoms with E-state index >= 15 is 0 Å². The molecule has 0 unspecified atom stereocenters. The van der Waals surface area contributed by atoms with Crippen LogP contribution >= 0.6 is 11.8 Å². The second-order valence-corrected chi connectivity index (χ2v) is 6.91. The highest BCUT2D eigenvalue weighted by Gasteiger charge is 2.12. The number of ether oxygens (including phenoxy) is 2. The summed E-state index contributed by atoms with van der Waals surface area (Å²) in [7, 11) is 0. The van der Waals surface area contributed by atoms with E-state index in [-0.39, 0.29) is 5.91 Å². The fourth-order valence-corrected chi connectivity index (χ4v) is 3.53. The van der Waals surface area contributed by atoms with Gasteiger partial charge in [-0.3, -0.25) is 4.79 Å². The molecule has 6 heteroatoms. The lowest BCUT2D eigenvalue weighted by molar-refractivity contribution is -0.113. The number of carbonyl (C=O) groups is 1. The quantitative estimate of drug-likeness (QED) is 0.744. The summed E-state index contributed by atoms with van der Waals surface area (Å²) in [5.41, 5.74) is 1.98. The molecule has 138 valence electrons. The summed E-state index contributed by atoms with van der Waals surface area (Å²) in [5, 5.41) is 2.94. The largest absolute Gasteiger partial charge is 0.486 e. The van der Waals surface area contributed by atoms with Gasteiger partial charge in [0.05, 0.1) is 5.75 Å². The highest BCUT2D eigenvalue weighted by Crippen LogP contribution is 2.34. The van der Waals surface area contributed by atoms with Gasteiger partial charge in [0.2, 0.25) is 5.91 Å². The van der Waals surface area contributed by atoms with Crippen LogP contribution in [0.15, 0.2) is 47.4 Å². The van der Waals surface area contributed by atoms with Crippen LogP contribution in [0.25, 0.3) is 0 Å². The number of anilines is 2. The third-order valence-corrected chi connectivity index (χ3v) is 5.16. The molecule has 0 saturated heterocycles. The predicted molar refractivity (Wildman–Crippen MR) is 107 cm³/mol. The number of benzene rings is 2. The van der Waals surface area contributed by atoms with E-state index in [0.29, 0.717) is 19.0 Å². The molecule has 1 aliphatic heterocycles. The first-order valence-corrected chi connectivity index (χ1v) is 9.85. The van der Waals surface area contributed by atoms with Crippen LogP contribution in [-0.4, -0.2) is 38.0 Å². The van der Waals surface area contributed by atoms with Crippen LogP contribution in [0.3, 0.4) is 0 Å². The molecule has 3 rings (SSSR count). The van der Waals surface area contributed by atoms with Crippen molar-refractivity contribution < 1.29 is 14.3 Å². The van der Waals surface area contributed by atoms with Crippen molar-refractivity contribution in [2.45, 2.75) is 18.7 Å². The SMILES string of the molecule is CCN(CC)c1ccc(NC(=O)CSc2ccc3c(c2)OCCO3)cc1. The van der Waals surface area contributed by atoms with Gasteiger partial charge in [0.15, 0.2) is 11.5 Å². The molecule has 1 heterocycles. The smallest absolute Gasteiger partial charge is 0.234 e. The number of nitrogens with one attached hydrogen (secondary N) is 1. The Kier molecular flexibility index (Phi) is 6.28. The normalized spacial score (nSPS) is 12.5. The molecule has 2 aromatic carbocycles. The van der Waals surface area contributed by atoms with Crippen LogP contribution in [0.2, 0.25) is 0 Å². The summed E-state index contributed by atoms with van der Waals surface area (Å²) in [6.45, 7) is 7.34. The standard InChI is InChI=1S/C20H24N2O3S/c1-3-22(4-2)16-7-5-15(6-8-16)21-20(23)14-26-17-9-10-18-19(13-17)25-12-11-24-18/h5-10,13H,3-4,11-12,14H2,1-2H3,(H,21,23). The summed E-state index contributed by atoms with van der Waals surface area (Å²) in [6.07, 6.45) is 0. The Balaban J connectivity index is 1.52. The van der Waals surface area contributed by atoms with E-state index in [9.17, 15) is 4.79 Å². The molecule has 0 atom stereocenters. The lowest BCUT2D eigenvalue weighted by atomic mass is 10.2. The molecule has 1 N–H and O–H groups in total. The monoisotopic (exact) mass is 372 g/mol. The maximum atomic E-state index is 12.2. The van der Waals surface area contributed by atoms with E-state index in [4.69, 9.17) is 9.47 Å². The Morgan fingerprint density at radius 3 is 2.42 bits per heavy atom. The zero-order valence-electron chi connectivity index (χ0n) is 15.2. The van der Waals surface area contributed by atoms with Crippen molar-refractivity contribution in [3.05, 3.63) is 42.5 Å². The second-order valence-electron chi connectivity index (χ2n) is 5.86.